The van der Waals surface area contributed by atoms with E-state index in [0.29, 0.717) is 41.0 Å². The Morgan fingerprint density at radius 2 is 1.67 bits per heavy atom. The first kappa shape index (κ1) is 27.7. The maximum atomic E-state index is 14.7. The Morgan fingerprint density at radius 1 is 1.00 bits per heavy atom. The van der Waals surface area contributed by atoms with Crippen LogP contribution in [0.1, 0.15) is 75.0 Å². The van der Waals surface area contributed by atoms with Crippen LogP contribution >= 0.6 is 0 Å². The number of aliphatic hydroxyl groups is 1. The predicted molar refractivity (Wildman–Crippen MR) is 162 cm³/mol. The third-order valence-corrected chi connectivity index (χ3v) is 15.1. The zero-order chi connectivity index (χ0) is 28.3. The number of carbonyl (C=O) groups excluding carboxylic acids is 1. The van der Waals surface area contributed by atoms with E-state index in [1.54, 1.807) is 6.20 Å². The highest BCUT2D eigenvalue weighted by Crippen LogP contribution is 2.50. The molecule has 0 aliphatic carbocycles. The lowest BCUT2D eigenvalue weighted by Gasteiger charge is -2.48. The molecule has 2 aliphatic rings. The molecule has 1 atom stereocenters. The van der Waals surface area contributed by atoms with Gasteiger partial charge in [0.05, 0.1) is 17.8 Å². The number of hydrogen-bond acceptors (Lipinski definition) is 6. The molecule has 2 aromatic carbocycles. The first-order valence-corrected chi connectivity index (χ1v) is 16.3. The summed E-state index contributed by atoms with van der Waals surface area (Å²) < 4.78 is 7.46. The molecule has 2 aliphatic heterocycles. The molecular formula is C32H41N3O3Si. The lowest BCUT2D eigenvalue weighted by atomic mass is 9.86. The SMILES string of the molecule is Cc1cc2c(cc1C)C(=O)C1(O[Si](C(C)C)(C(C)C)C(C)C)CCN(c3ccc4ncc(CO)cc4c3)C1=N2. The lowest BCUT2D eigenvalue weighted by Crippen LogP contribution is -2.61. The Kier molecular flexibility index (Phi) is 7.06. The molecule has 3 aromatic rings. The standard InChI is InChI=1S/C32H41N3O3Si/c1-19(2)39(20(3)4,21(5)6)38-32-11-12-35(26-9-10-28-25(16-26)15-24(18-36)17-33-28)31(32)34-29-14-23(8)22(7)13-27(29)30(32)37/h9-10,13-17,19-21,36H,11-12,18H2,1-8H3. The molecule has 1 aromatic heterocycles. The Balaban J connectivity index is 1.71. The van der Waals surface area contributed by atoms with Crippen LogP contribution in [-0.4, -0.2) is 42.2 Å². The van der Waals surface area contributed by atoms with Crippen LogP contribution in [0.5, 0.6) is 0 Å². The van der Waals surface area contributed by atoms with Crippen molar-refractivity contribution in [1.29, 1.82) is 0 Å². The second kappa shape index (κ2) is 9.95. The van der Waals surface area contributed by atoms with Crippen LogP contribution in [0.4, 0.5) is 11.4 Å². The molecule has 6 nitrogen and oxygen atoms in total. The third-order valence-electron chi connectivity index (χ3n) is 9.03. The van der Waals surface area contributed by atoms with E-state index in [4.69, 9.17) is 9.42 Å². The van der Waals surface area contributed by atoms with Crippen LogP contribution < -0.4 is 4.90 Å². The number of rotatable bonds is 7. The molecule has 1 saturated heterocycles. The van der Waals surface area contributed by atoms with Gasteiger partial charge in [-0.2, -0.15) is 0 Å². The van der Waals surface area contributed by atoms with Gasteiger partial charge in [0.2, 0.25) is 14.1 Å². The van der Waals surface area contributed by atoms with E-state index in [1.165, 1.54) is 0 Å². The van der Waals surface area contributed by atoms with Crippen molar-refractivity contribution in [2.24, 2.45) is 4.99 Å². The smallest absolute Gasteiger partial charge is 0.203 e. The minimum absolute atomic E-state index is 0.0388. The van der Waals surface area contributed by atoms with Crippen LogP contribution in [0.25, 0.3) is 10.9 Å². The number of pyridine rings is 1. The molecule has 206 valence electrons. The topological polar surface area (TPSA) is 75.0 Å². The average molecular weight is 544 g/mol. The number of hydrogen-bond donors (Lipinski definition) is 1. The van der Waals surface area contributed by atoms with E-state index in [2.05, 4.69) is 71.3 Å². The highest BCUT2D eigenvalue weighted by molar-refractivity contribution is 6.78. The van der Waals surface area contributed by atoms with E-state index >= 15 is 0 Å². The summed E-state index contributed by atoms with van der Waals surface area (Å²) in [7, 11) is -2.45. The van der Waals surface area contributed by atoms with Crippen LogP contribution in [0, 0.1) is 13.8 Å². The molecule has 39 heavy (non-hydrogen) atoms. The molecule has 0 bridgehead atoms. The minimum atomic E-state index is -2.45. The number of fused-ring (bicyclic) bond motifs is 3. The summed E-state index contributed by atoms with van der Waals surface area (Å²) in [5.41, 5.74) is 6.07. The fourth-order valence-corrected chi connectivity index (χ4v) is 12.5. The molecule has 0 saturated carbocycles. The van der Waals surface area contributed by atoms with E-state index in [0.717, 1.165) is 39.0 Å². The second-order valence-corrected chi connectivity index (χ2v) is 17.6. The highest BCUT2D eigenvalue weighted by Gasteiger charge is 2.60. The molecule has 1 unspecified atom stereocenters. The fourth-order valence-electron chi connectivity index (χ4n) is 6.95. The summed E-state index contributed by atoms with van der Waals surface area (Å²) in [6.07, 6.45) is 2.26. The van der Waals surface area contributed by atoms with Gasteiger partial charge in [-0.25, -0.2) is 4.99 Å². The number of aromatic nitrogens is 1. The number of aliphatic hydroxyl groups excluding tert-OH is 1. The number of nitrogens with zero attached hydrogens (tertiary/aromatic N) is 3. The minimum Gasteiger partial charge on any atom is -0.397 e. The summed E-state index contributed by atoms with van der Waals surface area (Å²) in [5.74, 6) is 0.740. The van der Waals surface area contributed by atoms with Gasteiger partial charge >= 0.3 is 0 Å². The van der Waals surface area contributed by atoms with Crippen molar-refractivity contribution in [1.82, 2.24) is 4.98 Å². The van der Waals surface area contributed by atoms with Gasteiger partial charge in [0, 0.05) is 35.8 Å². The number of ketones is 1. The quantitative estimate of drug-likeness (QED) is 0.314. The Morgan fingerprint density at radius 3 is 2.31 bits per heavy atom. The first-order valence-electron chi connectivity index (χ1n) is 14.2. The van der Waals surface area contributed by atoms with Crippen molar-refractivity contribution in [3.8, 4) is 0 Å². The molecule has 7 heteroatoms. The van der Waals surface area contributed by atoms with E-state index < -0.39 is 13.9 Å². The van der Waals surface area contributed by atoms with Crippen molar-refractivity contribution in [3.63, 3.8) is 0 Å². The van der Waals surface area contributed by atoms with Crippen LogP contribution in [0.15, 0.2) is 47.6 Å². The Hall–Kier alpha value is -2.87. The Labute approximate surface area is 233 Å². The molecular weight excluding hydrogens is 502 g/mol. The van der Waals surface area contributed by atoms with Crippen molar-refractivity contribution < 1.29 is 14.3 Å². The lowest BCUT2D eigenvalue weighted by molar-refractivity contribution is 0.0622. The van der Waals surface area contributed by atoms with E-state index in [1.807, 2.05) is 30.3 Å². The molecule has 0 amide bonds. The predicted octanol–water partition coefficient (Wildman–Crippen LogP) is 7.41. The summed E-state index contributed by atoms with van der Waals surface area (Å²) in [4.78, 5) is 26.6. The number of aliphatic imine (C=N–C) groups is 1. The largest absolute Gasteiger partial charge is 0.397 e. The molecule has 0 spiro atoms. The summed E-state index contributed by atoms with van der Waals surface area (Å²) in [6.45, 7) is 18.3. The van der Waals surface area contributed by atoms with Gasteiger partial charge < -0.3 is 14.4 Å². The first-order chi connectivity index (χ1) is 18.4. The van der Waals surface area contributed by atoms with Gasteiger partial charge in [-0.3, -0.25) is 9.78 Å². The van der Waals surface area contributed by atoms with Gasteiger partial charge in [-0.05, 0) is 83.6 Å². The highest BCUT2D eigenvalue weighted by atomic mass is 28.4. The van der Waals surface area contributed by atoms with Crippen molar-refractivity contribution >= 4 is 42.2 Å². The molecule has 5 rings (SSSR count). The van der Waals surface area contributed by atoms with Crippen LogP contribution in [0.2, 0.25) is 16.6 Å². The molecule has 0 radical (unpaired) electrons. The summed E-state index contributed by atoms with van der Waals surface area (Å²) in [5, 5.41) is 10.6. The van der Waals surface area contributed by atoms with Crippen molar-refractivity contribution in [2.75, 3.05) is 11.4 Å². The van der Waals surface area contributed by atoms with Gasteiger partial charge in [-0.15, -0.1) is 0 Å². The number of anilines is 1. The number of amidine groups is 1. The maximum Gasteiger partial charge on any atom is 0.203 e. The number of aryl methyl sites for hydroxylation is 2. The van der Waals surface area contributed by atoms with Gasteiger partial charge in [0.15, 0.2) is 5.60 Å². The Bertz CT molecular complexity index is 1460. The van der Waals surface area contributed by atoms with Crippen molar-refractivity contribution in [3.05, 3.63) is 64.8 Å². The molecule has 1 fully saturated rings. The monoisotopic (exact) mass is 543 g/mol. The zero-order valence-corrected chi connectivity index (χ0v) is 25.5. The maximum absolute atomic E-state index is 14.7. The second-order valence-electron chi connectivity index (χ2n) is 12.2. The van der Waals surface area contributed by atoms with Gasteiger partial charge in [0.1, 0.15) is 5.84 Å². The van der Waals surface area contributed by atoms with Crippen LogP contribution in [0.3, 0.4) is 0 Å². The molecule has 3 heterocycles. The number of carbonyl (C=O) groups is 1. The summed E-state index contributed by atoms with van der Waals surface area (Å²) >= 11 is 0. The number of benzene rings is 2. The normalized spacial score (nSPS) is 19.3. The number of Topliss-reactive ketones (excluding diaryl/α,β-unsaturated/α-hetero) is 1. The fraction of sp³-hybridized carbons (Fsp3) is 0.469. The van der Waals surface area contributed by atoms with Crippen LogP contribution in [-0.2, 0) is 11.0 Å². The van der Waals surface area contributed by atoms with E-state index in [9.17, 15) is 9.90 Å². The molecule has 1 N–H and O–H groups in total. The van der Waals surface area contributed by atoms with Crippen molar-refractivity contribution in [2.45, 2.75) is 90.6 Å². The van der Waals surface area contributed by atoms with Gasteiger partial charge in [-0.1, -0.05) is 41.5 Å². The summed E-state index contributed by atoms with van der Waals surface area (Å²) in [6, 6.07) is 12.1. The zero-order valence-electron chi connectivity index (χ0n) is 24.5. The van der Waals surface area contributed by atoms with E-state index in [-0.39, 0.29) is 12.4 Å². The average Bonchev–Trinajstić information content (AvgIpc) is 3.26. The third kappa shape index (κ3) is 4.26. The van der Waals surface area contributed by atoms with Gasteiger partial charge in [0.25, 0.3) is 0 Å².